The first-order chi connectivity index (χ1) is 8.31. The molecule has 0 saturated carbocycles. The Kier molecular flexibility index (Phi) is 4.03. The normalized spacial score (nSPS) is 10.5. The van der Waals surface area contributed by atoms with Crippen molar-refractivity contribution < 1.29 is 0 Å². The molecule has 0 bridgehead atoms. The Balaban J connectivity index is 2.23. The van der Waals surface area contributed by atoms with Crippen molar-refractivity contribution in [3.8, 4) is 0 Å². The number of anilines is 1. The standard InChI is InChI=1S/C12H16N4S/c1-3-4-10-15-9(7-11(13-2)16-10)8-12-14-5-6-17-12/h5-7H,3-4,8H2,1-2H3,(H,13,15,16). The van der Waals surface area contributed by atoms with Crippen LogP contribution in [0.4, 0.5) is 5.82 Å². The first kappa shape index (κ1) is 12.0. The molecule has 90 valence electrons. The number of hydrogen-bond acceptors (Lipinski definition) is 5. The summed E-state index contributed by atoms with van der Waals surface area (Å²) >= 11 is 1.66. The summed E-state index contributed by atoms with van der Waals surface area (Å²) in [5.74, 6) is 1.79. The topological polar surface area (TPSA) is 50.7 Å². The van der Waals surface area contributed by atoms with Gasteiger partial charge in [0.25, 0.3) is 0 Å². The van der Waals surface area contributed by atoms with E-state index < -0.39 is 0 Å². The van der Waals surface area contributed by atoms with Crippen LogP contribution in [0.15, 0.2) is 17.6 Å². The molecule has 5 heteroatoms. The lowest BCUT2D eigenvalue weighted by molar-refractivity contribution is 0.818. The largest absolute Gasteiger partial charge is 0.373 e. The minimum atomic E-state index is 0.783. The van der Waals surface area contributed by atoms with Crippen molar-refractivity contribution >= 4 is 17.2 Å². The van der Waals surface area contributed by atoms with Gasteiger partial charge in [-0.2, -0.15) is 0 Å². The minimum Gasteiger partial charge on any atom is -0.373 e. The second-order valence-electron chi connectivity index (χ2n) is 3.76. The molecule has 0 unspecified atom stereocenters. The van der Waals surface area contributed by atoms with Crippen LogP contribution in [0.2, 0.25) is 0 Å². The van der Waals surface area contributed by atoms with Crippen molar-refractivity contribution in [1.29, 1.82) is 0 Å². The predicted octanol–water partition coefficient (Wildman–Crippen LogP) is 2.52. The number of nitrogens with zero attached hydrogens (tertiary/aromatic N) is 3. The molecule has 1 N–H and O–H groups in total. The van der Waals surface area contributed by atoms with Crippen LogP contribution in [0.25, 0.3) is 0 Å². The average molecular weight is 248 g/mol. The number of aromatic nitrogens is 3. The third-order valence-electron chi connectivity index (χ3n) is 2.37. The van der Waals surface area contributed by atoms with E-state index in [9.17, 15) is 0 Å². The molecule has 0 aliphatic carbocycles. The zero-order valence-electron chi connectivity index (χ0n) is 10.1. The molecule has 2 aromatic rings. The van der Waals surface area contributed by atoms with E-state index in [4.69, 9.17) is 0 Å². The van der Waals surface area contributed by atoms with Gasteiger partial charge in [0.05, 0.1) is 10.7 Å². The van der Waals surface area contributed by atoms with E-state index in [1.54, 1.807) is 11.3 Å². The van der Waals surface area contributed by atoms with E-state index in [-0.39, 0.29) is 0 Å². The summed E-state index contributed by atoms with van der Waals surface area (Å²) in [5.41, 5.74) is 1.03. The number of thiazole rings is 1. The summed E-state index contributed by atoms with van der Waals surface area (Å²) in [6.45, 7) is 2.13. The Morgan fingerprint density at radius 2 is 2.24 bits per heavy atom. The molecule has 0 fully saturated rings. The lowest BCUT2D eigenvalue weighted by Gasteiger charge is -2.06. The maximum absolute atomic E-state index is 4.56. The van der Waals surface area contributed by atoms with Crippen LogP contribution in [0.3, 0.4) is 0 Å². The maximum Gasteiger partial charge on any atom is 0.131 e. The molecule has 0 radical (unpaired) electrons. The van der Waals surface area contributed by atoms with Crippen molar-refractivity contribution in [3.63, 3.8) is 0 Å². The van der Waals surface area contributed by atoms with E-state index in [0.29, 0.717) is 0 Å². The van der Waals surface area contributed by atoms with Gasteiger partial charge in [0.15, 0.2) is 0 Å². The van der Waals surface area contributed by atoms with Crippen molar-refractivity contribution in [2.75, 3.05) is 12.4 Å². The second kappa shape index (κ2) is 5.72. The highest BCUT2D eigenvalue weighted by molar-refractivity contribution is 7.09. The van der Waals surface area contributed by atoms with Gasteiger partial charge in [0, 0.05) is 37.5 Å². The fourth-order valence-electron chi connectivity index (χ4n) is 1.60. The zero-order valence-corrected chi connectivity index (χ0v) is 10.9. The first-order valence-electron chi connectivity index (χ1n) is 5.74. The Hall–Kier alpha value is -1.49. The molecule has 0 aliphatic rings. The highest BCUT2D eigenvalue weighted by Gasteiger charge is 2.05. The van der Waals surface area contributed by atoms with Gasteiger partial charge in [-0.15, -0.1) is 11.3 Å². The average Bonchev–Trinajstić information content (AvgIpc) is 2.82. The van der Waals surface area contributed by atoms with Gasteiger partial charge in [0.1, 0.15) is 11.6 Å². The fraction of sp³-hybridized carbons (Fsp3) is 0.417. The number of nitrogens with one attached hydrogen (secondary N) is 1. The molecule has 0 aromatic carbocycles. The van der Waals surface area contributed by atoms with Crippen LogP contribution in [0.1, 0.15) is 29.9 Å². The Morgan fingerprint density at radius 3 is 2.88 bits per heavy atom. The van der Waals surface area contributed by atoms with Gasteiger partial charge in [0.2, 0.25) is 0 Å². The molecule has 17 heavy (non-hydrogen) atoms. The third kappa shape index (κ3) is 3.23. The van der Waals surface area contributed by atoms with Crippen LogP contribution in [0, 0.1) is 0 Å². The van der Waals surface area contributed by atoms with Crippen LogP contribution >= 0.6 is 11.3 Å². The first-order valence-corrected chi connectivity index (χ1v) is 6.62. The highest BCUT2D eigenvalue weighted by atomic mass is 32.1. The van der Waals surface area contributed by atoms with E-state index in [1.165, 1.54) is 0 Å². The van der Waals surface area contributed by atoms with E-state index in [1.807, 2.05) is 24.7 Å². The number of hydrogen-bond donors (Lipinski definition) is 1. The SMILES string of the molecule is CCCc1nc(Cc2nccs2)cc(NC)n1. The molecular weight excluding hydrogens is 232 g/mol. The van der Waals surface area contributed by atoms with E-state index in [0.717, 1.165) is 41.6 Å². The number of aryl methyl sites for hydroxylation is 1. The molecule has 4 nitrogen and oxygen atoms in total. The zero-order chi connectivity index (χ0) is 12.1. The van der Waals surface area contributed by atoms with Crippen LogP contribution in [-0.2, 0) is 12.8 Å². The summed E-state index contributed by atoms with van der Waals surface area (Å²) in [6, 6.07) is 1.99. The van der Waals surface area contributed by atoms with Crippen LogP contribution < -0.4 is 5.32 Å². The Morgan fingerprint density at radius 1 is 1.35 bits per heavy atom. The predicted molar refractivity (Wildman–Crippen MR) is 70.5 cm³/mol. The summed E-state index contributed by atoms with van der Waals surface area (Å²) < 4.78 is 0. The van der Waals surface area contributed by atoms with Crippen molar-refractivity contribution in [2.45, 2.75) is 26.2 Å². The van der Waals surface area contributed by atoms with Crippen LogP contribution in [-0.4, -0.2) is 22.0 Å². The fourth-order valence-corrected chi connectivity index (χ4v) is 2.23. The summed E-state index contributed by atoms with van der Waals surface area (Å²) in [6.07, 6.45) is 4.59. The van der Waals surface area contributed by atoms with Gasteiger partial charge < -0.3 is 5.32 Å². The van der Waals surface area contributed by atoms with Gasteiger partial charge >= 0.3 is 0 Å². The van der Waals surface area contributed by atoms with Crippen LogP contribution in [0.5, 0.6) is 0 Å². The molecule has 0 spiro atoms. The molecule has 2 rings (SSSR count). The summed E-state index contributed by atoms with van der Waals surface area (Å²) in [5, 5.41) is 6.16. The minimum absolute atomic E-state index is 0.783. The molecule has 2 aromatic heterocycles. The van der Waals surface area contributed by atoms with Crippen molar-refractivity contribution in [3.05, 3.63) is 34.2 Å². The van der Waals surface area contributed by atoms with Gasteiger partial charge in [-0.3, -0.25) is 0 Å². The molecule has 0 aliphatic heterocycles. The molecule has 2 heterocycles. The van der Waals surface area contributed by atoms with E-state index >= 15 is 0 Å². The quantitative estimate of drug-likeness (QED) is 0.883. The smallest absolute Gasteiger partial charge is 0.131 e. The molecule has 0 amide bonds. The highest BCUT2D eigenvalue weighted by Crippen LogP contribution is 2.13. The lowest BCUT2D eigenvalue weighted by atomic mass is 10.2. The Bertz CT molecular complexity index is 467. The lowest BCUT2D eigenvalue weighted by Crippen LogP contribution is -2.04. The second-order valence-corrected chi connectivity index (χ2v) is 4.74. The third-order valence-corrected chi connectivity index (χ3v) is 3.15. The molecule has 0 atom stereocenters. The molecular formula is C12H16N4S. The Labute approximate surface area is 105 Å². The maximum atomic E-state index is 4.56. The van der Waals surface area contributed by atoms with Crippen molar-refractivity contribution in [1.82, 2.24) is 15.0 Å². The van der Waals surface area contributed by atoms with Gasteiger partial charge in [-0.25, -0.2) is 15.0 Å². The number of rotatable bonds is 5. The molecule has 0 saturated heterocycles. The van der Waals surface area contributed by atoms with Gasteiger partial charge in [-0.05, 0) is 6.42 Å². The monoisotopic (exact) mass is 248 g/mol. The van der Waals surface area contributed by atoms with Gasteiger partial charge in [-0.1, -0.05) is 6.92 Å². The summed E-state index contributed by atoms with van der Waals surface area (Å²) in [4.78, 5) is 13.3. The van der Waals surface area contributed by atoms with E-state index in [2.05, 4.69) is 27.2 Å². The van der Waals surface area contributed by atoms with Crippen molar-refractivity contribution in [2.24, 2.45) is 0 Å². The summed E-state index contributed by atoms with van der Waals surface area (Å²) in [7, 11) is 1.88.